The molecule has 0 saturated carbocycles. The number of benzene rings is 9. The molecule has 0 amide bonds. The summed E-state index contributed by atoms with van der Waals surface area (Å²) in [4.78, 5) is 10.8. The fourth-order valence-corrected chi connectivity index (χ4v) is 10.4. The summed E-state index contributed by atoms with van der Waals surface area (Å²) >= 11 is 0. The number of hydrogen-bond acceptors (Lipinski definition) is 4. The summed E-state index contributed by atoms with van der Waals surface area (Å²) < 4.78 is 6.73. The number of hydrogen-bond donors (Lipinski definition) is 1. The summed E-state index contributed by atoms with van der Waals surface area (Å²) in [5.74, 6) is 1.62. The van der Waals surface area contributed by atoms with Crippen molar-refractivity contribution in [3.05, 3.63) is 216 Å². The van der Waals surface area contributed by atoms with E-state index in [1.54, 1.807) is 0 Å². The van der Waals surface area contributed by atoms with Gasteiger partial charge in [0.15, 0.2) is 17.8 Å². The van der Waals surface area contributed by atoms with Gasteiger partial charge in [0.25, 0.3) is 0 Å². The number of fused-ring (bicyclic) bond motifs is 17. The molecular weight excluding hydrogens is 707 g/mol. The third-order valence-electron chi connectivity index (χ3n) is 12.7. The van der Waals surface area contributed by atoms with Crippen LogP contribution >= 0.6 is 0 Å². The largest absolute Gasteiger partial charge is 0.464 e. The number of nitrogens with zero attached hydrogens (tertiary/aromatic N) is 2. The molecule has 0 saturated heterocycles. The van der Waals surface area contributed by atoms with Crippen LogP contribution < -0.4 is 10.1 Å². The fourth-order valence-electron chi connectivity index (χ4n) is 10.4. The molecule has 2 heterocycles. The van der Waals surface area contributed by atoms with Crippen molar-refractivity contribution in [2.75, 3.05) is 5.32 Å². The zero-order chi connectivity index (χ0) is 38.0. The predicted molar refractivity (Wildman–Crippen MR) is 235 cm³/mol. The van der Waals surface area contributed by atoms with Crippen molar-refractivity contribution in [2.24, 2.45) is 0 Å². The number of aromatic nitrogens is 2. The summed E-state index contributed by atoms with van der Waals surface area (Å²) in [7, 11) is 0. The van der Waals surface area contributed by atoms with Gasteiger partial charge in [-0.25, -0.2) is 9.97 Å². The first kappa shape index (κ1) is 31.6. The molecule has 0 radical (unpaired) electrons. The molecule has 270 valence electrons. The molecule has 1 N–H and O–H groups in total. The van der Waals surface area contributed by atoms with E-state index in [9.17, 15) is 0 Å². The average molecular weight is 740 g/mol. The lowest BCUT2D eigenvalue weighted by atomic mass is 9.70. The van der Waals surface area contributed by atoms with Crippen LogP contribution in [0.25, 0.3) is 77.3 Å². The lowest BCUT2D eigenvalue weighted by Gasteiger charge is -2.30. The van der Waals surface area contributed by atoms with Gasteiger partial charge in [0.1, 0.15) is 0 Å². The second kappa shape index (κ2) is 11.7. The van der Waals surface area contributed by atoms with E-state index in [2.05, 4.69) is 193 Å². The van der Waals surface area contributed by atoms with E-state index in [-0.39, 0.29) is 6.23 Å². The highest BCUT2D eigenvalue weighted by Gasteiger charge is 2.52. The normalized spacial score (nSPS) is 15.1. The highest BCUT2D eigenvalue weighted by molar-refractivity contribution is 6.17. The Bertz CT molecular complexity index is 3260. The quantitative estimate of drug-likeness (QED) is 0.183. The van der Waals surface area contributed by atoms with Crippen molar-refractivity contribution >= 4 is 38.1 Å². The highest BCUT2D eigenvalue weighted by atomic mass is 16.5. The van der Waals surface area contributed by atoms with Crippen LogP contribution in [0, 0.1) is 0 Å². The maximum absolute atomic E-state index is 6.73. The Hall–Kier alpha value is -7.56. The lowest BCUT2D eigenvalue weighted by molar-refractivity contribution is 0.262. The van der Waals surface area contributed by atoms with Gasteiger partial charge in [0.05, 0.1) is 22.3 Å². The summed E-state index contributed by atoms with van der Waals surface area (Å²) in [6, 6.07) is 67.6. The molecule has 4 heteroatoms. The molecule has 4 nitrogen and oxygen atoms in total. The molecule has 1 unspecified atom stereocenters. The van der Waals surface area contributed by atoms with Crippen LogP contribution in [0.1, 0.15) is 34.0 Å². The average Bonchev–Trinajstić information content (AvgIpc) is 3.97. The van der Waals surface area contributed by atoms with Crippen LogP contribution in [0.3, 0.4) is 0 Å². The molecule has 0 fully saturated rings. The minimum atomic E-state index is -0.431. The Morgan fingerprint density at radius 2 is 0.966 bits per heavy atom. The van der Waals surface area contributed by atoms with Crippen LogP contribution in [0.2, 0.25) is 0 Å². The number of ether oxygens (including phenoxy) is 1. The molecule has 1 aromatic heterocycles. The Balaban J connectivity index is 0.948. The minimum absolute atomic E-state index is 0.318. The number of rotatable bonds is 3. The molecule has 3 aliphatic rings. The highest BCUT2D eigenvalue weighted by Crippen LogP contribution is 2.64. The molecule has 9 aromatic carbocycles. The zero-order valence-electron chi connectivity index (χ0n) is 31.3. The first-order valence-electron chi connectivity index (χ1n) is 19.9. The van der Waals surface area contributed by atoms with E-state index in [0.29, 0.717) is 0 Å². The Morgan fingerprint density at radius 3 is 1.69 bits per heavy atom. The Kier molecular flexibility index (Phi) is 6.40. The van der Waals surface area contributed by atoms with Crippen LogP contribution in [-0.4, -0.2) is 9.97 Å². The van der Waals surface area contributed by atoms with E-state index in [4.69, 9.17) is 14.7 Å². The molecule has 1 aliphatic heterocycles. The molecule has 1 spiro atoms. The molecule has 10 aromatic rings. The predicted octanol–water partition coefficient (Wildman–Crippen LogP) is 13.1. The van der Waals surface area contributed by atoms with Crippen LogP contribution in [0.15, 0.2) is 188 Å². The first-order chi connectivity index (χ1) is 28.8. The van der Waals surface area contributed by atoms with Gasteiger partial charge >= 0.3 is 0 Å². The SMILES string of the molecule is c1ccc2c(c1)-c1ccccc1C21c2ccccc2-c2c(-c3nc(-c4ccc(C5Nc6c(c7ccccc7c7ccccc67)O5)cc4)c4ccccc4n3)cccc21. The monoisotopic (exact) mass is 739 g/mol. The van der Waals surface area contributed by atoms with Gasteiger partial charge in [-0.2, -0.15) is 0 Å². The van der Waals surface area contributed by atoms with Gasteiger partial charge in [-0.3, -0.25) is 0 Å². The second-order valence-corrected chi connectivity index (χ2v) is 15.6. The zero-order valence-corrected chi connectivity index (χ0v) is 31.3. The molecule has 1 atom stereocenters. The number of nitrogens with one attached hydrogen (secondary N) is 1. The summed E-state index contributed by atoms with van der Waals surface area (Å²) in [5.41, 5.74) is 15.8. The van der Waals surface area contributed by atoms with Gasteiger partial charge in [-0.15, -0.1) is 0 Å². The standard InChI is InChI=1S/C54H33N3O/c1-3-18-38-34(14-1)35-15-2-4-19-39(35)51-50(38)57-53(58-51)33-30-28-32(29-31-33)49-41-21-8-12-27-47(41)55-52(56-49)42-22-13-26-46-48(42)40-20-7-11-25-45(40)54(46)43-23-9-5-16-36(43)37-17-6-10-24-44(37)54/h1-31,53,57H. The lowest BCUT2D eigenvalue weighted by Crippen LogP contribution is -2.25. The van der Waals surface area contributed by atoms with Crippen LogP contribution in [-0.2, 0) is 5.41 Å². The number of anilines is 1. The van der Waals surface area contributed by atoms with Gasteiger partial charge in [0.2, 0.25) is 0 Å². The number of para-hydroxylation sites is 1. The van der Waals surface area contributed by atoms with Crippen molar-refractivity contribution in [1.29, 1.82) is 0 Å². The van der Waals surface area contributed by atoms with E-state index in [1.807, 2.05) is 0 Å². The van der Waals surface area contributed by atoms with E-state index in [1.165, 1.54) is 55.3 Å². The maximum Gasteiger partial charge on any atom is 0.196 e. The third-order valence-corrected chi connectivity index (χ3v) is 12.7. The minimum Gasteiger partial charge on any atom is -0.464 e. The first-order valence-corrected chi connectivity index (χ1v) is 19.9. The van der Waals surface area contributed by atoms with Crippen molar-refractivity contribution in [3.63, 3.8) is 0 Å². The fraction of sp³-hybridized carbons (Fsp3) is 0.0370. The molecule has 13 rings (SSSR count). The van der Waals surface area contributed by atoms with Crippen molar-refractivity contribution in [2.45, 2.75) is 11.6 Å². The van der Waals surface area contributed by atoms with Crippen LogP contribution in [0.5, 0.6) is 5.75 Å². The molecule has 2 aliphatic carbocycles. The Labute approximate surface area is 335 Å². The topological polar surface area (TPSA) is 47.0 Å². The van der Waals surface area contributed by atoms with Crippen molar-refractivity contribution < 1.29 is 4.74 Å². The Morgan fingerprint density at radius 1 is 0.431 bits per heavy atom. The second-order valence-electron chi connectivity index (χ2n) is 15.6. The summed E-state index contributed by atoms with van der Waals surface area (Å²) in [6.45, 7) is 0. The summed E-state index contributed by atoms with van der Waals surface area (Å²) in [6.07, 6.45) is -0.318. The molecule has 58 heavy (non-hydrogen) atoms. The van der Waals surface area contributed by atoms with Gasteiger partial charge in [-0.05, 0) is 61.3 Å². The molecule has 0 bridgehead atoms. The van der Waals surface area contributed by atoms with Crippen molar-refractivity contribution in [3.8, 4) is 50.6 Å². The van der Waals surface area contributed by atoms with Gasteiger partial charge in [0, 0.05) is 32.8 Å². The third kappa shape index (κ3) is 4.13. The van der Waals surface area contributed by atoms with Crippen LogP contribution in [0.4, 0.5) is 5.69 Å². The maximum atomic E-state index is 6.73. The van der Waals surface area contributed by atoms with E-state index >= 15 is 0 Å². The summed E-state index contributed by atoms with van der Waals surface area (Å²) in [5, 5.41) is 9.43. The van der Waals surface area contributed by atoms with Crippen molar-refractivity contribution in [1.82, 2.24) is 9.97 Å². The van der Waals surface area contributed by atoms with Gasteiger partial charge < -0.3 is 10.1 Å². The van der Waals surface area contributed by atoms with E-state index in [0.717, 1.165) is 61.3 Å². The van der Waals surface area contributed by atoms with E-state index < -0.39 is 5.41 Å². The molecular formula is C54H33N3O. The van der Waals surface area contributed by atoms with Gasteiger partial charge in [-0.1, -0.05) is 182 Å². The smallest absolute Gasteiger partial charge is 0.196 e.